The maximum atomic E-state index is 11.8. The summed E-state index contributed by atoms with van der Waals surface area (Å²) in [5, 5.41) is 2.90. The molecular formula is C19H18ClNO6. The summed E-state index contributed by atoms with van der Waals surface area (Å²) in [6.07, 6.45) is 0. The fraction of sp³-hybridized carbons (Fsp3) is 0.211. The van der Waals surface area contributed by atoms with E-state index in [4.69, 9.17) is 25.8 Å². The second-order valence-corrected chi connectivity index (χ2v) is 5.83. The first kappa shape index (κ1) is 20.3. The summed E-state index contributed by atoms with van der Waals surface area (Å²) >= 11 is 5.97. The molecule has 0 saturated carbocycles. The number of anilines is 1. The van der Waals surface area contributed by atoms with E-state index in [1.54, 1.807) is 36.4 Å². The van der Waals surface area contributed by atoms with Crippen LogP contribution in [0.4, 0.5) is 5.69 Å². The van der Waals surface area contributed by atoms with E-state index >= 15 is 0 Å². The Balaban J connectivity index is 1.75. The molecule has 0 aliphatic carbocycles. The number of amides is 1. The van der Waals surface area contributed by atoms with E-state index < -0.39 is 18.5 Å². The Labute approximate surface area is 161 Å². The van der Waals surface area contributed by atoms with E-state index in [0.717, 1.165) is 0 Å². The Bertz CT molecular complexity index is 835. The molecule has 0 heterocycles. The fourth-order valence-electron chi connectivity index (χ4n) is 2.06. The number of carbonyl (C=O) groups is 3. The van der Waals surface area contributed by atoms with Crippen LogP contribution in [0.5, 0.6) is 11.5 Å². The summed E-state index contributed by atoms with van der Waals surface area (Å²) in [4.78, 5) is 34.7. The third-order valence-electron chi connectivity index (χ3n) is 3.42. The Morgan fingerprint density at radius 2 is 1.74 bits per heavy atom. The zero-order chi connectivity index (χ0) is 19.8. The minimum atomic E-state index is -0.700. The molecule has 7 nitrogen and oxygen atoms in total. The highest BCUT2D eigenvalue weighted by atomic mass is 35.5. The Hall–Kier alpha value is -3.06. The molecule has 0 fully saturated rings. The van der Waals surface area contributed by atoms with Gasteiger partial charge in [0, 0.05) is 11.3 Å². The van der Waals surface area contributed by atoms with Crippen LogP contribution in [0.25, 0.3) is 0 Å². The van der Waals surface area contributed by atoms with Crippen molar-refractivity contribution in [3.8, 4) is 11.5 Å². The summed E-state index contributed by atoms with van der Waals surface area (Å²) in [6.45, 7) is 0.633. The molecule has 0 radical (unpaired) electrons. The van der Waals surface area contributed by atoms with Crippen LogP contribution in [0.15, 0.2) is 42.5 Å². The number of Topliss-reactive ketones (excluding diaryl/α,β-unsaturated/α-hetero) is 1. The zero-order valence-electron chi connectivity index (χ0n) is 14.8. The van der Waals surface area contributed by atoms with E-state index in [1.165, 1.54) is 20.1 Å². The predicted molar refractivity (Wildman–Crippen MR) is 99.5 cm³/mol. The number of ether oxygens (including phenoxy) is 3. The normalized spacial score (nSPS) is 10.0. The van der Waals surface area contributed by atoms with Gasteiger partial charge in [-0.05, 0) is 49.4 Å². The highest BCUT2D eigenvalue weighted by Crippen LogP contribution is 2.27. The number of ketones is 1. The number of hydrogen-bond donors (Lipinski definition) is 1. The van der Waals surface area contributed by atoms with Gasteiger partial charge in [-0.3, -0.25) is 9.59 Å². The van der Waals surface area contributed by atoms with Crippen LogP contribution in [0.3, 0.4) is 0 Å². The molecule has 0 atom stereocenters. The molecule has 1 amide bonds. The average Bonchev–Trinajstić information content (AvgIpc) is 2.65. The van der Waals surface area contributed by atoms with Gasteiger partial charge in [0.1, 0.15) is 11.5 Å². The van der Waals surface area contributed by atoms with Gasteiger partial charge in [0.25, 0.3) is 5.91 Å². The lowest BCUT2D eigenvalue weighted by Gasteiger charge is -2.09. The minimum absolute atomic E-state index is 0.0647. The van der Waals surface area contributed by atoms with Gasteiger partial charge in [-0.25, -0.2) is 4.79 Å². The first-order valence-corrected chi connectivity index (χ1v) is 8.29. The number of esters is 1. The number of carbonyl (C=O) groups excluding carboxylic acids is 3. The summed E-state index contributed by atoms with van der Waals surface area (Å²) in [7, 11) is 1.48. The smallest absolute Gasteiger partial charge is 0.344 e. The molecule has 8 heteroatoms. The van der Waals surface area contributed by atoms with Crippen LogP contribution >= 0.6 is 11.6 Å². The molecule has 0 bridgehead atoms. The fourth-order valence-corrected chi connectivity index (χ4v) is 2.31. The van der Waals surface area contributed by atoms with Crippen molar-refractivity contribution in [3.63, 3.8) is 0 Å². The number of hydrogen-bond acceptors (Lipinski definition) is 6. The lowest BCUT2D eigenvalue weighted by molar-refractivity contribution is -0.149. The third-order valence-corrected chi connectivity index (χ3v) is 3.71. The second kappa shape index (κ2) is 9.59. The second-order valence-electron chi connectivity index (χ2n) is 5.43. The molecule has 142 valence electrons. The van der Waals surface area contributed by atoms with Crippen molar-refractivity contribution in [2.45, 2.75) is 6.92 Å². The third kappa shape index (κ3) is 6.31. The minimum Gasteiger partial charge on any atom is -0.495 e. The van der Waals surface area contributed by atoms with Crippen molar-refractivity contribution < 1.29 is 28.6 Å². The molecule has 0 aliphatic heterocycles. The van der Waals surface area contributed by atoms with E-state index in [0.29, 0.717) is 27.8 Å². The number of rotatable bonds is 8. The molecule has 1 N–H and O–H groups in total. The molecule has 0 aliphatic rings. The highest BCUT2D eigenvalue weighted by molar-refractivity contribution is 6.32. The van der Waals surface area contributed by atoms with E-state index in [1.807, 2.05) is 0 Å². The monoisotopic (exact) mass is 391 g/mol. The van der Waals surface area contributed by atoms with Gasteiger partial charge in [0.05, 0.1) is 12.1 Å². The van der Waals surface area contributed by atoms with Crippen molar-refractivity contribution in [1.29, 1.82) is 0 Å². The van der Waals surface area contributed by atoms with Crippen molar-refractivity contribution in [1.82, 2.24) is 0 Å². The largest absolute Gasteiger partial charge is 0.495 e. The van der Waals surface area contributed by atoms with Gasteiger partial charge >= 0.3 is 5.97 Å². The first-order valence-electron chi connectivity index (χ1n) is 7.92. The molecule has 0 unspecified atom stereocenters. The number of benzene rings is 2. The average molecular weight is 392 g/mol. The lowest BCUT2D eigenvalue weighted by atomic mass is 10.1. The van der Waals surface area contributed by atoms with E-state index in [2.05, 4.69) is 5.32 Å². The van der Waals surface area contributed by atoms with Crippen LogP contribution in [-0.4, -0.2) is 38.0 Å². The highest BCUT2D eigenvalue weighted by Gasteiger charge is 2.10. The van der Waals surface area contributed by atoms with Crippen molar-refractivity contribution in [2.24, 2.45) is 0 Å². The Morgan fingerprint density at radius 1 is 1.04 bits per heavy atom. The van der Waals surface area contributed by atoms with Gasteiger partial charge in [-0.2, -0.15) is 0 Å². The maximum Gasteiger partial charge on any atom is 0.344 e. The maximum absolute atomic E-state index is 11.8. The zero-order valence-corrected chi connectivity index (χ0v) is 15.5. The Kier molecular flexibility index (Phi) is 7.19. The van der Waals surface area contributed by atoms with Gasteiger partial charge < -0.3 is 19.5 Å². The van der Waals surface area contributed by atoms with Crippen LogP contribution in [0.1, 0.15) is 17.3 Å². The number of nitrogens with one attached hydrogen (secondary N) is 1. The molecule has 0 aromatic heterocycles. The van der Waals surface area contributed by atoms with Crippen LogP contribution in [0.2, 0.25) is 5.02 Å². The van der Waals surface area contributed by atoms with E-state index in [9.17, 15) is 14.4 Å². The molecule has 27 heavy (non-hydrogen) atoms. The standard InChI is InChI=1S/C19H18ClNO6/c1-12(22)13-3-6-15(7-4-13)26-11-19(24)27-10-18(23)21-14-5-8-17(25-2)16(20)9-14/h3-9H,10-11H2,1-2H3,(H,21,23). The summed E-state index contributed by atoms with van der Waals surface area (Å²) in [6, 6.07) is 11.1. The molecule has 0 spiro atoms. The molecule has 2 rings (SSSR count). The van der Waals surface area contributed by atoms with Gasteiger partial charge in [-0.1, -0.05) is 11.6 Å². The molecule has 0 saturated heterocycles. The van der Waals surface area contributed by atoms with Gasteiger partial charge in [0.2, 0.25) is 0 Å². The van der Waals surface area contributed by atoms with Crippen molar-refractivity contribution >= 4 is 34.9 Å². The molecule has 2 aromatic carbocycles. The topological polar surface area (TPSA) is 90.9 Å². The van der Waals surface area contributed by atoms with Crippen molar-refractivity contribution in [3.05, 3.63) is 53.1 Å². The molecular weight excluding hydrogens is 374 g/mol. The lowest BCUT2D eigenvalue weighted by Crippen LogP contribution is -2.23. The predicted octanol–water partition coefficient (Wildman–Crippen LogP) is 3.11. The van der Waals surface area contributed by atoms with Crippen LogP contribution in [-0.2, 0) is 14.3 Å². The number of halogens is 1. The van der Waals surface area contributed by atoms with Crippen LogP contribution < -0.4 is 14.8 Å². The summed E-state index contributed by atoms with van der Waals surface area (Å²) < 4.78 is 15.1. The number of methoxy groups -OCH3 is 1. The van der Waals surface area contributed by atoms with Crippen LogP contribution in [0, 0.1) is 0 Å². The van der Waals surface area contributed by atoms with Crippen molar-refractivity contribution in [2.75, 3.05) is 25.6 Å². The summed E-state index contributed by atoms with van der Waals surface area (Å²) in [5.41, 5.74) is 0.990. The first-order chi connectivity index (χ1) is 12.9. The quantitative estimate of drug-likeness (QED) is 0.549. The Morgan fingerprint density at radius 3 is 2.33 bits per heavy atom. The van der Waals surface area contributed by atoms with Gasteiger partial charge in [-0.15, -0.1) is 0 Å². The summed E-state index contributed by atoms with van der Waals surface area (Å²) in [5.74, 6) is -0.391. The SMILES string of the molecule is COc1ccc(NC(=O)COC(=O)COc2ccc(C(C)=O)cc2)cc1Cl. The van der Waals surface area contributed by atoms with Gasteiger partial charge in [0.15, 0.2) is 19.0 Å². The van der Waals surface area contributed by atoms with E-state index in [-0.39, 0.29) is 12.4 Å². The molecule has 2 aromatic rings.